The van der Waals surface area contributed by atoms with E-state index in [1.165, 1.54) is 18.2 Å². The van der Waals surface area contributed by atoms with E-state index in [0.717, 1.165) is 6.20 Å². The molecule has 5 heteroatoms. The fourth-order valence-corrected chi connectivity index (χ4v) is 1.01. The van der Waals surface area contributed by atoms with Crippen molar-refractivity contribution in [2.24, 2.45) is 10.9 Å². The molecule has 0 unspecified atom stereocenters. The van der Waals surface area contributed by atoms with E-state index in [-0.39, 0.29) is 4.91 Å². The van der Waals surface area contributed by atoms with Crippen LogP contribution in [0.5, 0.6) is 0 Å². The van der Waals surface area contributed by atoms with E-state index in [9.17, 15) is 8.42 Å². The van der Waals surface area contributed by atoms with Gasteiger partial charge in [0.2, 0.25) is 10.0 Å². The normalized spacial score (nSPS) is 13.7. The highest BCUT2D eigenvalue weighted by molar-refractivity contribution is 7.93. The van der Waals surface area contributed by atoms with E-state index in [1.807, 2.05) is 0 Å². The molecule has 11 heavy (non-hydrogen) atoms. The molecular formula is C6H10N2O2S. The Bertz CT molecular complexity index is 288. The standard InChI is InChI=1S/C6H10N2O2S/c1-2-3-6(4-5-7)11(8,9)10/h2-5H,1,7H2,(H2,8,9,10)/b5-4-,6-3+. The Kier molecular flexibility index (Phi) is 3.56. The third kappa shape index (κ3) is 3.59. The van der Waals surface area contributed by atoms with E-state index in [2.05, 4.69) is 6.58 Å². The Morgan fingerprint density at radius 2 is 2.00 bits per heavy atom. The van der Waals surface area contributed by atoms with E-state index < -0.39 is 10.0 Å². The smallest absolute Gasteiger partial charge is 0.238 e. The van der Waals surface area contributed by atoms with Crippen LogP contribution >= 0.6 is 0 Å². The summed E-state index contributed by atoms with van der Waals surface area (Å²) in [6.07, 6.45) is 4.87. The van der Waals surface area contributed by atoms with Crippen LogP contribution in [0.4, 0.5) is 0 Å². The van der Waals surface area contributed by atoms with Crippen molar-refractivity contribution in [1.82, 2.24) is 0 Å². The molecule has 62 valence electrons. The first-order valence-electron chi connectivity index (χ1n) is 2.76. The van der Waals surface area contributed by atoms with Gasteiger partial charge in [0, 0.05) is 0 Å². The molecule has 4 N–H and O–H groups in total. The van der Waals surface area contributed by atoms with Crippen molar-refractivity contribution in [2.45, 2.75) is 0 Å². The first kappa shape index (κ1) is 9.93. The fourth-order valence-electron chi connectivity index (χ4n) is 0.456. The second kappa shape index (κ2) is 3.95. The first-order valence-corrected chi connectivity index (χ1v) is 4.31. The summed E-state index contributed by atoms with van der Waals surface area (Å²) < 4.78 is 21.3. The molecule has 0 aromatic heterocycles. The summed E-state index contributed by atoms with van der Waals surface area (Å²) in [5.74, 6) is 0. The molecule has 0 bridgehead atoms. The summed E-state index contributed by atoms with van der Waals surface area (Å²) in [7, 11) is -3.67. The summed E-state index contributed by atoms with van der Waals surface area (Å²) in [6.45, 7) is 3.33. The van der Waals surface area contributed by atoms with Crippen molar-refractivity contribution >= 4 is 10.0 Å². The van der Waals surface area contributed by atoms with Crippen molar-refractivity contribution in [1.29, 1.82) is 0 Å². The summed E-state index contributed by atoms with van der Waals surface area (Å²) >= 11 is 0. The van der Waals surface area contributed by atoms with Crippen molar-refractivity contribution in [3.05, 3.63) is 35.9 Å². The Morgan fingerprint density at radius 1 is 1.45 bits per heavy atom. The Morgan fingerprint density at radius 3 is 2.27 bits per heavy atom. The largest absolute Gasteiger partial charge is 0.405 e. The van der Waals surface area contributed by atoms with Gasteiger partial charge >= 0.3 is 0 Å². The molecule has 0 spiro atoms. The molecule has 0 aliphatic heterocycles. The molecule has 0 saturated heterocycles. The zero-order valence-corrected chi connectivity index (χ0v) is 6.71. The molecule has 0 radical (unpaired) electrons. The number of hydrogen-bond donors (Lipinski definition) is 2. The fraction of sp³-hybridized carbons (Fsp3) is 0. The zero-order chi connectivity index (χ0) is 8.91. The molecule has 0 saturated carbocycles. The zero-order valence-electron chi connectivity index (χ0n) is 5.90. The van der Waals surface area contributed by atoms with Crippen LogP contribution in [0.15, 0.2) is 35.9 Å². The molecule has 0 heterocycles. The third-order valence-corrected chi connectivity index (χ3v) is 1.80. The van der Waals surface area contributed by atoms with Gasteiger partial charge in [0.25, 0.3) is 0 Å². The lowest BCUT2D eigenvalue weighted by Crippen LogP contribution is -2.13. The van der Waals surface area contributed by atoms with Crippen LogP contribution in [0.3, 0.4) is 0 Å². The molecule has 0 aliphatic rings. The molecule has 0 fully saturated rings. The average molecular weight is 174 g/mol. The van der Waals surface area contributed by atoms with Gasteiger partial charge in [-0.1, -0.05) is 12.7 Å². The quantitative estimate of drug-likeness (QED) is 0.582. The maximum Gasteiger partial charge on any atom is 0.238 e. The second-order valence-corrected chi connectivity index (χ2v) is 3.27. The topological polar surface area (TPSA) is 86.2 Å². The van der Waals surface area contributed by atoms with E-state index in [4.69, 9.17) is 10.9 Å². The van der Waals surface area contributed by atoms with Crippen molar-refractivity contribution in [2.75, 3.05) is 0 Å². The van der Waals surface area contributed by atoms with Gasteiger partial charge in [-0.15, -0.1) is 0 Å². The Labute approximate surface area is 65.9 Å². The highest BCUT2D eigenvalue weighted by atomic mass is 32.2. The van der Waals surface area contributed by atoms with Gasteiger partial charge < -0.3 is 5.73 Å². The van der Waals surface area contributed by atoms with Gasteiger partial charge in [0.05, 0.1) is 4.91 Å². The molecule has 0 atom stereocenters. The minimum absolute atomic E-state index is 0.0602. The van der Waals surface area contributed by atoms with Crippen molar-refractivity contribution in [3.8, 4) is 0 Å². The Balaban J connectivity index is 4.93. The van der Waals surface area contributed by atoms with Crippen LogP contribution in [0, 0.1) is 0 Å². The van der Waals surface area contributed by atoms with Crippen LogP contribution in [0.2, 0.25) is 0 Å². The van der Waals surface area contributed by atoms with E-state index >= 15 is 0 Å². The van der Waals surface area contributed by atoms with Crippen LogP contribution < -0.4 is 10.9 Å². The molecule has 0 amide bonds. The summed E-state index contributed by atoms with van der Waals surface area (Å²) in [4.78, 5) is -0.0602. The monoisotopic (exact) mass is 174 g/mol. The molecule has 0 aromatic carbocycles. The molecule has 0 aliphatic carbocycles. The van der Waals surface area contributed by atoms with Gasteiger partial charge in [0.1, 0.15) is 0 Å². The molecule has 0 aromatic rings. The number of allylic oxidation sites excluding steroid dienone is 3. The molecule has 4 nitrogen and oxygen atoms in total. The highest BCUT2D eigenvalue weighted by Crippen LogP contribution is 2.02. The number of nitrogens with two attached hydrogens (primary N) is 2. The summed E-state index contributed by atoms with van der Waals surface area (Å²) in [6, 6.07) is 0. The minimum atomic E-state index is -3.67. The predicted molar refractivity (Wildman–Crippen MR) is 44.7 cm³/mol. The lowest BCUT2D eigenvalue weighted by Gasteiger charge is -1.94. The van der Waals surface area contributed by atoms with Gasteiger partial charge in [-0.3, -0.25) is 0 Å². The number of rotatable bonds is 3. The predicted octanol–water partition coefficient (Wildman–Crippen LogP) is -0.183. The minimum Gasteiger partial charge on any atom is -0.405 e. The van der Waals surface area contributed by atoms with Crippen LogP contribution in [-0.4, -0.2) is 8.42 Å². The van der Waals surface area contributed by atoms with Crippen LogP contribution in [-0.2, 0) is 10.0 Å². The summed E-state index contributed by atoms with van der Waals surface area (Å²) in [5, 5.41) is 4.80. The summed E-state index contributed by atoms with van der Waals surface area (Å²) in [5.41, 5.74) is 4.98. The third-order valence-electron chi connectivity index (χ3n) is 0.871. The molecule has 0 rings (SSSR count). The van der Waals surface area contributed by atoms with Gasteiger partial charge in [-0.2, -0.15) is 0 Å². The van der Waals surface area contributed by atoms with Gasteiger partial charge in [0.15, 0.2) is 0 Å². The lowest BCUT2D eigenvalue weighted by molar-refractivity contribution is 0.604. The second-order valence-electron chi connectivity index (χ2n) is 1.71. The lowest BCUT2D eigenvalue weighted by atomic mass is 10.5. The Hall–Kier alpha value is -1.07. The van der Waals surface area contributed by atoms with Gasteiger partial charge in [-0.25, -0.2) is 13.6 Å². The molecular weight excluding hydrogens is 164 g/mol. The van der Waals surface area contributed by atoms with Crippen LogP contribution in [0.1, 0.15) is 0 Å². The van der Waals surface area contributed by atoms with E-state index in [1.54, 1.807) is 0 Å². The SMILES string of the molecule is C=C/C=C(\C=C/N)S(N)(=O)=O. The van der Waals surface area contributed by atoms with Gasteiger partial charge in [-0.05, 0) is 18.4 Å². The number of hydrogen-bond acceptors (Lipinski definition) is 3. The first-order chi connectivity index (χ1) is 5.02. The van der Waals surface area contributed by atoms with Crippen molar-refractivity contribution in [3.63, 3.8) is 0 Å². The number of primary sulfonamides is 1. The van der Waals surface area contributed by atoms with Crippen molar-refractivity contribution < 1.29 is 8.42 Å². The highest BCUT2D eigenvalue weighted by Gasteiger charge is 2.05. The maximum atomic E-state index is 10.7. The van der Waals surface area contributed by atoms with Crippen LogP contribution in [0.25, 0.3) is 0 Å². The number of sulfonamides is 1. The maximum absolute atomic E-state index is 10.7. The van der Waals surface area contributed by atoms with E-state index in [0.29, 0.717) is 0 Å². The average Bonchev–Trinajstić information content (AvgIpc) is 1.85.